The molecule has 0 unspecified atom stereocenters. The van der Waals surface area contributed by atoms with Gasteiger partial charge in [0.15, 0.2) is 0 Å². The summed E-state index contributed by atoms with van der Waals surface area (Å²) in [6.07, 6.45) is 5.71. The molecule has 2 rings (SSSR count). The van der Waals surface area contributed by atoms with Crippen molar-refractivity contribution in [3.8, 4) is 5.75 Å². The Balaban J connectivity index is 1.95. The van der Waals surface area contributed by atoms with Crippen molar-refractivity contribution in [1.29, 1.82) is 0 Å². The molecule has 0 aliphatic rings. The Kier molecular flexibility index (Phi) is 5.09. The number of hydrogen-bond donors (Lipinski definition) is 1. The lowest BCUT2D eigenvalue weighted by Gasteiger charge is -2.07. The van der Waals surface area contributed by atoms with Gasteiger partial charge < -0.3 is 14.5 Å². The standard InChI is InChI=1S/C15H13F2NO3/c16-15(17)21-13-4-2-1-3-12(13)5-6-14(19)18-9-11-7-8-20-10-11/h1-8,10,15H,9H2,(H,18,19)/b6-5-. The molecule has 1 N–H and O–H groups in total. The zero-order valence-electron chi connectivity index (χ0n) is 11.0. The van der Waals surface area contributed by atoms with Gasteiger partial charge in [-0.05, 0) is 18.2 Å². The highest BCUT2D eigenvalue weighted by molar-refractivity contribution is 5.92. The van der Waals surface area contributed by atoms with Gasteiger partial charge in [0.2, 0.25) is 5.91 Å². The summed E-state index contributed by atoms with van der Waals surface area (Å²) in [6, 6.07) is 7.97. The fourth-order valence-electron chi connectivity index (χ4n) is 1.63. The predicted molar refractivity (Wildman–Crippen MR) is 72.7 cm³/mol. The minimum atomic E-state index is -2.91. The Morgan fingerprint density at radius 2 is 2.14 bits per heavy atom. The normalized spacial score (nSPS) is 11.0. The Labute approximate surface area is 120 Å². The van der Waals surface area contributed by atoms with Crippen LogP contribution in [0.2, 0.25) is 0 Å². The van der Waals surface area contributed by atoms with E-state index in [9.17, 15) is 13.6 Å². The highest BCUT2D eigenvalue weighted by Gasteiger charge is 2.07. The summed E-state index contributed by atoms with van der Waals surface area (Å²) in [4.78, 5) is 11.6. The molecule has 2 aromatic rings. The van der Waals surface area contributed by atoms with Crippen LogP contribution in [0.4, 0.5) is 8.78 Å². The molecule has 1 aromatic carbocycles. The summed E-state index contributed by atoms with van der Waals surface area (Å²) < 4.78 is 33.7. The summed E-state index contributed by atoms with van der Waals surface area (Å²) in [5, 5.41) is 2.64. The van der Waals surface area contributed by atoms with E-state index in [1.54, 1.807) is 24.3 Å². The third-order valence-corrected chi connectivity index (χ3v) is 2.60. The van der Waals surface area contributed by atoms with Gasteiger partial charge in [-0.1, -0.05) is 18.2 Å². The van der Waals surface area contributed by atoms with Crippen LogP contribution in [0.1, 0.15) is 11.1 Å². The molecule has 0 fully saturated rings. The molecule has 6 heteroatoms. The number of carbonyl (C=O) groups excluding carboxylic acids is 1. The number of furan rings is 1. The minimum Gasteiger partial charge on any atom is -0.472 e. The van der Waals surface area contributed by atoms with Crippen LogP contribution in [-0.2, 0) is 11.3 Å². The number of amides is 1. The average molecular weight is 293 g/mol. The van der Waals surface area contributed by atoms with Crippen LogP contribution in [-0.4, -0.2) is 12.5 Å². The number of ether oxygens (including phenoxy) is 1. The zero-order valence-corrected chi connectivity index (χ0v) is 11.0. The molecule has 0 aliphatic heterocycles. The molecule has 1 aromatic heterocycles. The fourth-order valence-corrected chi connectivity index (χ4v) is 1.63. The summed E-state index contributed by atoms with van der Waals surface area (Å²) in [6.45, 7) is -2.58. The molecule has 110 valence electrons. The first-order chi connectivity index (χ1) is 10.1. The zero-order chi connectivity index (χ0) is 15.1. The third kappa shape index (κ3) is 4.76. The van der Waals surface area contributed by atoms with Crippen molar-refractivity contribution in [1.82, 2.24) is 5.32 Å². The Morgan fingerprint density at radius 1 is 1.33 bits per heavy atom. The van der Waals surface area contributed by atoms with Crippen molar-refractivity contribution in [2.24, 2.45) is 0 Å². The summed E-state index contributed by atoms with van der Waals surface area (Å²) in [7, 11) is 0. The maximum Gasteiger partial charge on any atom is 0.387 e. The third-order valence-electron chi connectivity index (χ3n) is 2.60. The van der Waals surface area contributed by atoms with Crippen molar-refractivity contribution in [2.75, 3.05) is 0 Å². The second-order valence-corrected chi connectivity index (χ2v) is 4.10. The summed E-state index contributed by atoms with van der Waals surface area (Å²) in [5.74, 6) is -0.325. The monoisotopic (exact) mass is 293 g/mol. The number of rotatable bonds is 6. The van der Waals surface area contributed by atoms with Gasteiger partial charge in [-0.2, -0.15) is 8.78 Å². The van der Waals surface area contributed by atoms with E-state index in [4.69, 9.17) is 4.42 Å². The van der Waals surface area contributed by atoms with Gasteiger partial charge in [0.05, 0.1) is 12.5 Å². The Morgan fingerprint density at radius 3 is 2.86 bits per heavy atom. The van der Waals surface area contributed by atoms with Crippen molar-refractivity contribution < 1.29 is 22.7 Å². The molecule has 0 aliphatic carbocycles. The molecule has 1 amide bonds. The van der Waals surface area contributed by atoms with E-state index in [0.29, 0.717) is 12.1 Å². The molecule has 4 nitrogen and oxygen atoms in total. The van der Waals surface area contributed by atoms with Gasteiger partial charge in [-0.3, -0.25) is 4.79 Å². The predicted octanol–water partition coefficient (Wildman–Crippen LogP) is 3.21. The van der Waals surface area contributed by atoms with Crippen molar-refractivity contribution in [2.45, 2.75) is 13.2 Å². The fraction of sp³-hybridized carbons (Fsp3) is 0.133. The summed E-state index contributed by atoms with van der Waals surface area (Å²) >= 11 is 0. The van der Waals surface area contributed by atoms with E-state index in [1.807, 2.05) is 0 Å². The summed E-state index contributed by atoms with van der Waals surface area (Å²) in [5.41, 5.74) is 1.23. The van der Waals surface area contributed by atoms with Gasteiger partial charge in [-0.25, -0.2) is 0 Å². The van der Waals surface area contributed by atoms with Gasteiger partial charge >= 0.3 is 6.61 Å². The average Bonchev–Trinajstić information content (AvgIpc) is 2.97. The molecule has 0 saturated heterocycles. The molecule has 0 saturated carbocycles. The topological polar surface area (TPSA) is 51.5 Å². The number of para-hydroxylation sites is 1. The molecule has 0 atom stereocenters. The number of benzene rings is 1. The van der Waals surface area contributed by atoms with E-state index < -0.39 is 6.61 Å². The second kappa shape index (κ2) is 7.23. The van der Waals surface area contributed by atoms with Crippen molar-refractivity contribution in [3.05, 3.63) is 60.1 Å². The highest BCUT2D eigenvalue weighted by Crippen LogP contribution is 2.21. The largest absolute Gasteiger partial charge is 0.472 e. The lowest BCUT2D eigenvalue weighted by molar-refractivity contribution is -0.116. The van der Waals surface area contributed by atoms with Crippen LogP contribution < -0.4 is 10.1 Å². The van der Waals surface area contributed by atoms with Crippen molar-refractivity contribution >= 4 is 12.0 Å². The van der Waals surface area contributed by atoms with E-state index >= 15 is 0 Å². The lowest BCUT2D eigenvalue weighted by atomic mass is 10.2. The van der Waals surface area contributed by atoms with E-state index in [0.717, 1.165) is 5.56 Å². The first-order valence-corrected chi connectivity index (χ1v) is 6.16. The molecular weight excluding hydrogens is 280 g/mol. The number of carbonyl (C=O) groups is 1. The number of alkyl halides is 2. The molecule has 0 radical (unpaired) electrons. The molecule has 0 spiro atoms. The van der Waals surface area contributed by atoms with E-state index in [1.165, 1.54) is 30.7 Å². The van der Waals surface area contributed by atoms with Crippen LogP contribution in [0.15, 0.2) is 53.4 Å². The van der Waals surface area contributed by atoms with E-state index in [-0.39, 0.29) is 11.7 Å². The van der Waals surface area contributed by atoms with Crippen LogP contribution in [0.5, 0.6) is 5.75 Å². The quantitative estimate of drug-likeness (QED) is 0.832. The molecule has 21 heavy (non-hydrogen) atoms. The number of nitrogens with one attached hydrogen (secondary N) is 1. The van der Waals surface area contributed by atoms with Crippen LogP contribution in [0.3, 0.4) is 0 Å². The Hall–Kier alpha value is -2.63. The van der Waals surface area contributed by atoms with E-state index in [2.05, 4.69) is 10.1 Å². The van der Waals surface area contributed by atoms with Crippen LogP contribution >= 0.6 is 0 Å². The lowest BCUT2D eigenvalue weighted by Crippen LogP contribution is -2.19. The van der Waals surface area contributed by atoms with Crippen molar-refractivity contribution in [3.63, 3.8) is 0 Å². The Bertz CT molecular complexity index is 609. The minimum absolute atomic E-state index is 0.0198. The van der Waals surface area contributed by atoms with Gasteiger partial charge in [0.25, 0.3) is 0 Å². The SMILES string of the molecule is O=C(/C=C\c1ccccc1OC(F)F)NCc1ccoc1. The van der Waals surface area contributed by atoms with Crippen LogP contribution in [0, 0.1) is 0 Å². The molecule has 1 heterocycles. The maximum atomic E-state index is 12.2. The molecular formula is C15H13F2NO3. The first-order valence-electron chi connectivity index (χ1n) is 6.16. The smallest absolute Gasteiger partial charge is 0.387 e. The second-order valence-electron chi connectivity index (χ2n) is 4.10. The van der Waals surface area contributed by atoms with Gasteiger partial charge in [0.1, 0.15) is 5.75 Å². The maximum absolute atomic E-state index is 12.2. The number of hydrogen-bond acceptors (Lipinski definition) is 3. The van der Waals surface area contributed by atoms with Gasteiger partial charge in [0, 0.05) is 23.7 Å². The number of halogens is 2. The molecule has 0 bridgehead atoms. The highest BCUT2D eigenvalue weighted by atomic mass is 19.3. The van der Waals surface area contributed by atoms with Crippen LogP contribution in [0.25, 0.3) is 6.08 Å². The first kappa shape index (κ1) is 14.8. The van der Waals surface area contributed by atoms with Gasteiger partial charge in [-0.15, -0.1) is 0 Å².